The molecule has 1 aliphatic carbocycles. The van der Waals surface area contributed by atoms with E-state index in [-0.39, 0.29) is 11.3 Å². The maximum absolute atomic E-state index is 5.95. The van der Waals surface area contributed by atoms with E-state index in [9.17, 15) is 0 Å². The lowest BCUT2D eigenvalue weighted by Crippen LogP contribution is -2.52. The third kappa shape index (κ3) is 4.17. The summed E-state index contributed by atoms with van der Waals surface area (Å²) in [4.78, 5) is 0. The minimum atomic E-state index is -0.301. The van der Waals surface area contributed by atoms with E-state index in [1.807, 2.05) is 0 Å². The molecule has 0 radical (unpaired) electrons. The van der Waals surface area contributed by atoms with Crippen LogP contribution in [0.2, 0.25) is 0 Å². The molecule has 0 atom stereocenters. The molecule has 4 rings (SSSR count). The van der Waals surface area contributed by atoms with E-state index >= 15 is 0 Å². The summed E-state index contributed by atoms with van der Waals surface area (Å²) in [6.45, 7) is 2.41. The van der Waals surface area contributed by atoms with Crippen LogP contribution in [0, 0.1) is 0 Å². The van der Waals surface area contributed by atoms with Crippen molar-refractivity contribution in [3.63, 3.8) is 0 Å². The van der Waals surface area contributed by atoms with Gasteiger partial charge in [0.2, 0.25) is 0 Å². The van der Waals surface area contributed by atoms with E-state index in [1.165, 1.54) is 11.1 Å². The summed E-state index contributed by atoms with van der Waals surface area (Å²) in [6, 6.07) is 21.5. The second-order valence-electron chi connectivity index (χ2n) is 7.71. The van der Waals surface area contributed by atoms with E-state index in [2.05, 4.69) is 66.0 Å². The molecule has 1 aliphatic heterocycles. The first-order valence-corrected chi connectivity index (χ1v) is 9.89. The molecule has 26 heavy (non-hydrogen) atoms. The first-order valence-electron chi connectivity index (χ1n) is 9.89. The Morgan fingerprint density at radius 1 is 0.731 bits per heavy atom. The summed E-state index contributed by atoms with van der Waals surface area (Å²) in [6.07, 6.45) is 6.45. The first-order chi connectivity index (χ1) is 12.8. The van der Waals surface area contributed by atoms with E-state index in [0.29, 0.717) is 0 Å². The van der Waals surface area contributed by atoms with E-state index in [0.717, 1.165) is 58.3 Å². The van der Waals surface area contributed by atoms with Crippen LogP contribution in [0.5, 0.6) is 0 Å². The van der Waals surface area contributed by atoms with Gasteiger partial charge in [-0.2, -0.15) is 0 Å². The number of aryl methyl sites for hydroxylation is 1. The van der Waals surface area contributed by atoms with Crippen molar-refractivity contribution in [2.45, 2.75) is 56.4 Å². The van der Waals surface area contributed by atoms with Gasteiger partial charge in [0, 0.05) is 24.9 Å². The summed E-state index contributed by atoms with van der Waals surface area (Å²) < 4.78 is 11.9. The van der Waals surface area contributed by atoms with Crippen LogP contribution in [0.4, 0.5) is 0 Å². The van der Waals surface area contributed by atoms with Crippen molar-refractivity contribution in [1.29, 1.82) is 0 Å². The smallest absolute Gasteiger partial charge is 0.168 e. The number of rotatable bonds is 6. The van der Waals surface area contributed by atoms with Crippen LogP contribution in [-0.2, 0) is 22.4 Å². The van der Waals surface area contributed by atoms with Crippen molar-refractivity contribution < 1.29 is 9.47 Å². The second kappa shape index (κ2) is 7.91. The van der Waals surface area contributed by atoms with Crippen molar-refractivity contribution >= 4 is 0 Å². The average molecular weight is 351 g/mol. The molecule has 138 valence electrons. The highest BCUT2D eigenvalue weighted by Crippen LogP contribution is 2.42. The second-order valence-corrected chi connectivity index (χ2v) is 7.71. The molecule has 2 aliphatic rings. The van der Waals surface area contributed by atoms with E-state index in [4.69, 9.17) is 9.47 Å². The predicted octanol–water partition coefficient (Wildman–Crippen LogP) is 4.46. The van der Waals surface area contributed by atoms with Crippen molar-refractivity contribution in [3.8, 4) is 0 Å². The van der Waals surface area contributed by atoms with Gasteiger partial charge in [-0.25, -0.2) is 0 Å². The molecule has 1 spiro atoms. The monoisotopic (exact) mass is 351 g/mol. The van der Waals surface area contributed by atoms with Gasteiger partial charge in [-0.3, -0.25) is 0 Å². The van der Waals surface area contributed by atoms with E-state index in [1.54, 1.807) is 0 Å². The van der Waals surface area contributed by atoms with Crippen LogP contribution in [-0.4, -0.2) is 24.5 Å². The summed E-state index contributed by atoms with van der Waals surface area (Å²) in [5.74, 6) is -0.301. The highest BCUT2D eigenvalue weighted by molar-refractivity contribution is 5.17. The Morgan fingerprint density at radius 3 is 1.92 bits per heavy atom. The minimum Gasteiger partial charge on any atom is -0.348 e. The SMILES string of the molecule is c1ccc(CCC2(NCc3ccccc3)CCC3(CC2)OCCO3)cc1. The summed E-state index contributed by atoms with van der Waals surface area (Å²) in [7, 11) is 0. The zero-order chi connectivity index (χ0) is 17.7. The highest BCUT2D eigenvalue weighted by atomic mass is 16.7. The molecule has 0 unspecified atom stereocenters. The van der Waals surface area contributed by atoms with Crippen molar-refractivity contribution in [2.24, 2.45) is 0 Å². The number of nitrogens with one attached hydrogen (secondary N) is 1. The molecule has 0 aromatic heterocycles. The standard InChI is InChI=1S/C23H29NO2/c1-3-7-20(8-4-1)11-12-22(24-19-21-9-5-2-6-10-21)13-15-23(16-14-22)25-17-18-26-23/h1-10,24H,11-19H2. The third-order valence-electron chi connectivity index (χ3n) is 6.03. The van der Waals surface area contributed by atoms with Crippen LogP contribution in [0.3, 0.4) is 0 Å². The molecule has 3 nitrogen and oxygen atoms in total. The highest BCUT2D eigenvalue weighted by Gasteiger charge is 2.45. The fourth-order valence-corrected chi connectivity index (χ4v) is 4.32. The molecular weight excluding hydrogens is 322 g/mol. The van der Waals surface area contributed by atoms with Crippen molar-refractivity contribution in [2.75, 3.05) is 13.2 Å². The molecule has 1 N–H and O–H groups in total. The molecule has 1 heterocycles. The lowest BCUT2D eigenvalue weighted by Gasteiger charge is -2.44. The summed E-state index contributed by atoms with van der Waals surface area (Å²) in [5.41, 5.74) is 2.92. The molecule has 3 heteroatoms. The zero-order valence-corrected chi connectivity index (χ0v) is 15.5. The van der Waals surface area contributed by atoms with Gasteiger partial charge in [-0.15, -0.1) is 0 Å². The van der Waals surface area contributed by atoms with Gasteiger partial charge in [0.05, 0.1) is 13.2 Å². The number of ether oxygens (including phenoxy) is 2. The Bertz CT molecular complexity index is 624. The molecule has 1 saturated heterocycles. The van der Waals surface area contributed by atoms with Crippen LogP contribution in [0.25, 0.3) is 0 Å². The first kappa shape index (κ1) is 17.7. The topological polar surface area (TPSA) is 30.5 Å². The molecule has 0 amide bonds. The van der Waals surface area contributed by atoms with Crippen LogP contribution in [0.15, 0.2) is 60.7 Å². The summed E-state index contributed by atoms with van der Waals surface area (Å²) >= 11 is 0. The molecule has 0 bridgehead atoms. The van der Waals surface area contributed by atoms with Crippen LogP contribution < -0.4 is 5.32 Å². The molecule has 2 fully saturated rings. The maximum atomic E-state index is 5.95. The molecule has 2 aromatic rings. The van der Waals surface area contributed by atoms with Crippen molar-refractivity contribution in [3.05, 3.63) is 71.8 Å². The quantitative estimate of drug-likeness (QED) is 0.833. The largest absolute Gasteiger partial charge is 0.348 e. The molecular formula is C23H29NO2. The van der Waals surface area contributed by atoms with Gasteiger partial charge >= 0.3 is 0 Å². The normalized spacial score (nSPS) is 21.1. The number of hydrogen-bond acceptors (Lipinski definition) is 3. The maximum Gasteiger partial charge on any atom is 0.168 e. The number of hydrogen-bond donors (Lipinski definition) is 1. The van der Waals surface area contributed by atoms with Gasteiger partial charge in [-0.05, 0) is 36.8 Å². The lowest BCUT2D eigenvalue weighted by atomic mass is 9.75. The summed E-state index contributed by atoms with van der Waals surface area (Å²) in [5, 5.41) is 3.92. The fourth-order valence-electron chi connectivity index (χ4n) is 4.32. The zero-order valence-electron chi connectivity index (χ0n) is 15.5. The minimum absolute atomic E-state index is 0.159. The molecule has 2 aromatic carbocycles. The van der Waals surface area contributed by atoms with Gasteiger partial charge in [0.25, 0.3) is 0 Å². The fraction of sp³-hybridized carbons (Fsp3) is 0.478. The predicted molar refractivity (Wildman–Crippen MR) is 104 cm³/mol. The Balaban J connectivity index is 1.43. The Hall–Kier alpha value is -1.68. The average Bonchev–Trinajstić information content (AvgIpc) is 3.17. The Morgan fingerprint density at radius 2 is 1.31 bits per heavy atom. The van der Waals surface area contributed by atoms with Gasteiger partial charge < -0.3 is 14.8 Å². The lowest BCUT2D eigenvalue weighted by molar-refractivity contribution is -0.186. The van der Waals surface area contributed by atoms with Crippen LogP contribution >= 0.6 is 0 Å². The molecule has 1 saturated carbocycles. The number of benzene rings is 2. The van der Waals surface area contributed by atoms with Gasteiger partial charge in [0.1, 0.15) is 0 Å². The van der Waals surface area contributed by atoms with Crippen molar-refractivity contribution in [1.82, 2.24) is 5.32 Å². The van der Waals surface area contributed by atoms with Gasteiger partial charge in [0.15, 0.2) is 5.79 Å². The van der Waals surface area contributed by atoms with Gasteiger partial charge in [-0.1, -0.05) is 60.7 Å². The Kier molecular flexibility index (Phi) is 5.39. The van der Waals surface area contributed by atoms with E-state index < -0.39 is 0 Å². The van der Waals surface area contributed by atoms with Crippen LogP contribution in [0.1, 0.15) is 43.2 Å². The Labute approximate surface area is 156 Å². The third-order valence-corrected chi connectivity index (χ3v) is 6.03.